The van der Waals surface area contributed by atoms with Gasteiger partial charge in [0, 0.05) is 5.56 Å². The van der Waals surface area contributed by atoms with Crippen molar-refractivity contribution in [3.63, 3.8) is 0 Å². The number of thioether (sulfide) groups is 1. The van der Waals surface area contributed by atoms with Gasteiger partial charge in [-0.2, -0.15) is 0 Å². The van der Waals surface area contributed by atoms with Crippen molar-refractivity contribution in [2.24, 2.45) is 5.73 Å². The van der Waals surface area contributed by atoms with E-state index in [1.807, 2.05) is 65.3 Å². The van der Waals surface area contributed by atoms with Crippen molar-refractivity contribution in [2.45, 2.75) is 16.4 Å². The van der Waals surface area contributed by atoms with Gasteiger partial charge >= 0.3 is 0 Å². The first-order chi connectivity index (χ1) is 11.7. The number of nitrogens with two attached hydrogens (primary N) is 1. The van der Waals surface area contributed by atoms with Gasteiger partial charge in [0.05, 0.1) is 6.04 Å². The second kappa shape index (κ2) is 6.01. The molecule has 120 valence electrons. The molecule has 1 aliphatic rings. The minimum Gasteiger partial charge on any atom is -0.369 e. The molecule has 7 heteroatoms. The molecule has 0 bridgehead atoms. The van der Waals surface area contributed by atoms with Crippen LogP contribution in [0.3, 0.4) is 0 Å². The van der Waals surface area contributed by atoms with Gasteiger partial charge in [-0.05, 0) is 5.56 Å². The van der Waals surface area contributed by atoms with Crippen LogP contribution in [0.15, 0.2) is 65.8 Å². The molecule has 1 aliphatic heterocycles. The number of hydrogen-bond donors (Lipinski definition) is 2. The minimum atomic E-state index is -0.451. The normalized spacial score (nSPS) is 19.3. The van der Waals surface area contributed by atoms with Crippen LogP contribution in [0.1, 0.15) is 11.6 Å². The summed E-state index contributed by atoms with van der Waals surface area (Å²) in [7, 11) is 0. The first-order valence-corrected chi connectivity index (χ1v) is 8.40. The smallest absolute Gasteiger partial charge is 0.233 e. The van der Waals surface area contributed by atoms with Crippen molar-refractivity contribution in [1.29, 1.82) is 0 Å². The highest BCUT2D eigenvalue weighted by Crippen LogP contribution is 2.38. The Morgan fingerprint density at radius 3 is 2.38 bits per heavy atom. The van der Waals surface area contributed by atoms with Gasteiger partial charge < -0.3 is 11.2 Å². The number of amides is 1. The van der Waals surface area contributed by atoms with Crippen LogP contribution in [0, 0.1) is 0 Å². The molecule has 24 heavy (non-hydrogen) atoms. The molecule has 0 aliphatic carbocycles. The molecule has 1 amide bonds. The lowest BCUT2D eigenvalue weighted by Crippen LogP contribution is -2.41. The lowest BCUT2D eigenvalue weighted by molar-refractivity contribution is -0.117. The van der Waals surface area contributed by atoms with Gasteiger partial charge in [0.2, 0.25) is 11.1 Å². The molecule has 2 atom stereocenters. The maximum Gasteiger partial charge on any atom is 0.233 e. The number of primary amides is 1. The van der Waals surface area contributed by atoms with Gasteiger partial charge in [-0.15, -0.1) is 10.2 Å². The summed E-state index contributed by atoms with van der Waals surface area (Å²) in [5.74, 6) is 0.332. The van der Waals surface area contributed by atoms with Crippen LogP contribution in [0.4, 0.5) is 0 Å². The summed E-state index contributed by atoms with van der Waals surface area (Å²) in [6.07, 6.45) is 0. The molecular weight excluding hydrogens is 322 g/mol. The predicted octanol–water partition coefficient (Wildman–Crippen LogP) is 2.19. The number of carbonyl (C=O) groups is 1. The van der Waals surface area contributed by atoms with Gasteiger partial charge in [-0.25, -0.2) is 4.68 Å². The van der Waals surface area contributed by atoms with E-state index in [9.17, 15) is 4.79 Å². The van der Waals surface area contributed by atoms with E-state index in [2.05, 4.69) is 15.6 Å². The topological polar surface area (TPSA) is 85.8 Å². The molecule has 2 aromatic carbocycles. The molecular formula is C17H15N5OS. The number of nitrogens with zero attached hydrogens (tertiary/aromatic N) is 3. The molecule has 2 heterocycles. The van der Waals surface area contributed by atoms with Gasteiger partial charge in [-0.3, -0.25) is 4.79 Å². The minimum absolute atomic E-state index is 0.250. The van der Waals surface area contributed by atoms with E-state index in [0.717, 1.165) is 11.1 Å². The molecule has 2 unspecified atom stereocenters. The molecule has 0 saturated heterocycles. The number of nitrogens with one attached hydrogen (secondary N) is 1. The zero-order chi connectivity index (χ0) is 16.5. The fourth-order valence-corrected chi connectivity index (χ4v) is 3.79. The third kappa shape index (κ3) is 2.52. The fraction of sp³-hybridized carbons (Fsp3) is 0.118. The zero-order valence-electron chi connectivity index (χ0n) is 12.7. The quantitative estimate of drug-likeness (QED) is 0.765. The number of benzene rings is 2. The third-order valence-electron chi connectivity index (χ3n) is 3.91. The van der Waals surface area contributed by atoms with E-state index in [0.29, 0.717) is 11.0 Å². The average Bonchev–Trinajstić information content (AvgIpc) is 3.05. The Bertz CT molecular complexity index is 865. The van der Waals surface area contributed by atoms with E-state index in [1.165, 1.54) is 11.8 Å². The Morgan fingerprint density at radius 1 is 1.04 bits per heavy atom. The first-order valence-electron chi connectivity index (χ1n) is 7.52. The van der Waals surface area contributed by atoms with E-state index >= 15 is 0 Å². The average molecular weight is 337 g/mol. The summed E-state index contributed by atoms with van der Waals surface area (Å²) >= 11 is 1.34. The molecule has 1 aromatic heterocycles. The maximum absolute atomic E-state index is 11.9. The molecule has 3 N–H and O–H groups in total. The summed E-state index contributed by atoms with van der Waals surface area (Å²) in [4.78, 5) is 11.9. The highest BCUT2D eigenvalue weighted by molar-refractivity contribution is 8.00. The summed E-state index contributed by atoms with van der Waals surface area (Å²) in [5, 5.41) is 8.65. The van der Waals surface area contributed by atoms with Crippen molar-refractivity contribution >= 4 is 17.7 Å². The lowest BCUT2D eigenvalue weighted by Gasteiger charge is -2.32. The number of aromatic nitrogens is 3. The van der Waals surface area contributed by atoms with Gasteiger partial charge in [0.25, 0.3) is 0 Å². The molecule has 0 fully saturated rings. The molecule has 0 radical (unpaired) electrons. The van der Waals surface area contributed by atoms with Crippen molar-refractivity contribution in [2.75, 3.05) is 5.43 Å². The molecule has 6 nitrogen and oxygen atoms in total. The maximum atomic E-state index is 11.9. The van der Waals surface area contributed by atoms with Crippen LogP contribution in [-0.4, -0.2) is 26.0 Å². The Hall–Kier alpha value is -2.80. The highest BCUT2D eigenvalue weighted by Gasteiger charge is 2.36. The highest BCUT2D eigenvalue weighted by atomic mass is 32.2. The van der Waals surface area contributed by atoms with Crippen LogP contribution in [0.25, 0.3) is 11.4 Å². The molecule has 0 saturated carbocycles. The van der Waals surface area contributed by atoms with Crippen LogP contribution in [0.2, 0.25) is 0 Å². The van der Waals surface area contributed by atoms with E-state index in [-0.39, 0.29) is 11.9 Å². The van der Waals surface area contributed by atoms with E-state index in [1.54, 1.807) is 0 Å². The summed E-state index contributed by atoms with van der Waals surface area (Å²) in [6, 6.07) is 19.3. The number of hydrogen-bond acceptors (Lipinski definition) is 5. The standard InChI is InChI=1S/C17H15N5OS/c18-15(23)14-13(11-7-3-1-4-8-11)21-22-16(19-20-17(22)24-14)12-9-5-2-6-10-12/h1-10,13-14,21H,(H2,18,23). The predicted molar refractivity (Wildman–Crippen MR) is 92.8 cm³/mol. The zero-order valence-corrected chi connectivity index (χ0v) is 13.5. The second-order valence-corrected chi connectivity index (χ2v) is 6.57. The van der Waals surface area contributed by atoms with Gasteiger partial charge in [0.15, 0.2) is 5.82 Å². The van der Waals surface area contributed by atoms with Gasteiger partial charge in [-0.1, -0.05) is 72.4 Å². The monoisotopic (exact) mass is 337 g/mol. The van der Waals surface area contributed by atoms with E-state index in [4.69, 9.17) is 5.73 Å². The molecule has 4 rings (SSSR count). The lowest BCUT2D eigenvalue weighted by atomic mass is 10.0. The Morgan fingerprint density at radius 2 is 1.71 bits per heavy atom. The number of rotatable bonds is 3. The number of fused-ring (bicyclic) bond motifs is 1. The first kappa shape index (κ1) is 14.8. The Kier molecular flexibility index (Phi) is 3.70. The SMILES string of the molecule is NC(=O)C1Sc2nnc(-c3ccccc3)n2NC1c1ccccc1. The number of carbonyl (C=O) groups excluding carboxylic acids is 1. The Balaban J connectivity index is 1.78. The van der Waals surface area contributed by atoms with Crippen molar-refractivity contribution in [3.05, 3.63) is 66.2 Å². The van der Waals surface area contributed by atoms with Crippen molar-refractivity contribution < 1.29 is 4.79 Å². The Labute approximate surface area is 143 Å². The summed E-state index contributed by atoms with van der Waals surface area (Å²) in [6.45, 7) is 0. The summed E-state index contributed by atoms with van der Waals surface area (Å²) < 4.78 is 1.83. The van der Waals surface area contributed by atoms with Gasteiger partial charge in [0.1, 0.15) is 5.25 Å². The van der Waals surface area contributed by atoms with E-state index < -0.39 is 5.25 Å². The second-order valence-electron chi connectivity index (χ2n) is 5.47. The van der Waals surface area contributed by atoms with Crippen LogP contribution >= 0.6 is 11.8 Å². The van der Waals surface area contributed by atoms with Crippen molar-refractivity contribution in [1.82, 2.24) is 14.9 Å². The largest absolute Gasteiger partial charge is 0.369 e. The fourth-order valence-electron chi connectivity index (χ4n) is 2.76. The van der Waals surface area contributed by atoms with Crippen LogP contribution < -0.4 is 11.2 Å². The summed E-state index contributed by atoms with van der Waals surface area (Å²) in [5.41, 5.74) is 10.9. The van der Waals surface area contributed by atoms with Crippen LogP contribution in [-0.2, 0) is 4.79 Å². The third-order valence-corrected chi connectivity index (χ3v) is 5.14. The molecule has 0 spiro atoms. The van der Waals surface area contributed by atoms with Crippen LogP contribution in [0.5, 0.6) is 0 Å². The molecule has 3 aromatic rings. The van der Waals surface area contributed by atoms with Crippen molar-refractivity contribution in [3.8, 4) is 11.4 Å².